The Kier molecular flexibility index (Phi) is 16.2. The lowest BCUT2D eigenvalue weighted by Gasteiger charge is -2.22. The molecule has 6 nitrogen and oxygen atoms in total. The van der Waals surface area contributed by atoms with E-state index in [0.29, 0.717) is 32.1 Å². The minimum Gasteiger partial charge on any atom is -0.456 e. The Labute approximate surface area is 211 Å². The van der Waals surface area contributed by atoms with Crippen molar-refractivity contribution < 1.29 is 29.6 Å². The summed E-state index contributed by atoms with van der Waals surface area (Å²) in [6.07, 6.45) is 15.5. The molecule has 5 atom stereocenters. The van der Waals surface area contributed by atoms with Crippen molar-refractivity contribution in [3.63, 3.8) is 0 Å². The number of hydrogen-bond acceptors (Lipinski definition) is 6. The Hall–Kier alpha value is -1.99. The van der Waals surface area contributed by atoms with Gasteiger partial charge in [-0.25, -0.2) is 4.79 Å². The zero-order chi connectivity index (χ0) is 26.1. The number of aliphatic hydroxyl groups is 3. The first-order chi connectivity index (χ1) is 16.7. The van der Waals surface area contributed by atoms with Gasteiger partial charge in [-0.1, -0.05) is 54.2 Å². The Bertz CT molecular complexity index is 735. The number of esters is 1. The molecule has 35 heavy (non-hydrogen) atoms. The first kappa shape index (κ1) is 31.0. The van der Waals surface area contributed by atoms with E-state index in [-0.39, 0.29) is 6.10 Å². The first-order valence-corrected chi connectivity index (χ1v) is 12.9. The second-order valence-electron chi connectivity index (χ2n) is 9.31. The lowest BCUT2D eigenvalue weighted by molar-refractivity contribution is -0.147. The van der Waals surface area contributed by atoms with E-state index in [1.54, 1.807) is 13.0 Å². The van der Waals surface area contributed by atoms with Gasteiger partial charge in [-0.15, -0.1) is 0 Å². The summed E-state index contributed by atoms with van der Waals surface area (Å²) >= 11 is 0. The van der Waals surface area contributed by atoms with E-state index in [9.17, 15) is 20.1 Å². The Morgan fingerprint density at radius 2 is 1.94 bits per heavy atom. The van der Waals surface area contributed by atoms with Crippen LogP contribution in [0, 0.1) is 0 Å². The summed E-state index contributed by atoms with van der Waals surface area (Å²) < 4.78 is 11.1. The molecule has 5 unspecified atom stereocenters. The van der Waals surface area contributed by atoms with E-state index in [1.807, 2.05) is 19.9 Å². The summed E-state index contributed by atoms with van der Waals surface area (Å²) in [5.41, 5.74) is 2.06. The van der Waals surface area contributed by atoms with E-state index < -0.39 is 30.4 Å². The highest BCUT2D eigenvalue weighted by atomic mass is 16.6. The van der Waals surface area contributed by atoms with E-state index in [1.165, 1.54) is 18.2 Å². The molecule has 0 spiro atoms. The van der Waals surface area contributed by atoms with Crippen molar-refractivity contribution in [2.75, 3.05) is 6.61 Å². The molecule has 1 heterocycles. The van der Waals surface area contributed by atoms with Gasteiger partial charge >= 0.3 is 5.97 Å². The molecule has 0 amide bonds. The van der Waals surface area contributed by atoms with Crippen molar-refractivity contribution >= 4 is 5.97 Å². The molecule has 0 saturated carbocycles. The lowest BCUT2D eigenvalue weighted by atomic mass is 9.97. The van der Waals surface area contributed by atoms with Crippen molar-refractivity contribution in [1.29, 1.82) is 0 Å². The number of carbonyl (C=O) groups excluding carboxylic acids is 1. The molecule has 6 heteroatoms. The fraction of sp³-hybridized carbons (Fsp3) is 0.621. The van der Waals surface area contributed by atoms with Crippen molar-refractivity contribution in [3.8, 4) is 0 Å². The smallest absolute Gasteiger partial charge is 0.330 e. The van der Waals surface area contributed by atoms with Gasteiger partial charge in [0.15, 0.2) is 0 Å². The van der Waals surface area contributed by atoms with Crippen LogP contribution in [0.25, 0.3) is 0 Å². The summed E-state index contributed by atoms with van der Waals surface area (Å²) in [5.74, 6) is -0.527. The second kappa shape index (κ2) is 18.3. The molecule has 198 valence electrons. The number of hydrogen-bond donors (Lipinski definition) is 3. The van der Waals surface area contributed by atoms with Gasteiger partial charge in [0.2, 0.25) is 0 Å². The highest BCUT2D eigenvalue weighted by Crippen LogP contribution is 2.20. The minimum absolute atomic E-state index is 0.192. The molecule has 0 aromatic carbocycles. The molecular formula is C29H46O6. The monoisotopic (exact) mass is 490 g/mol. The minimum atomic E-state index is -1.05. The maximum atomic E-state index is 12.0. The quantitative estimate of drug-likeness (QED) is 0.149. The molecule has 0 aromatic rings. The van der Waals surface area contributed by atoms with Crippen LogP contribution in [0.15, 0.2) is 60.3 Å². The molecule has 1 aliphatic heterocycles. The van der Waals surface area contributed by atoms with Crippen LogP contribution < -0.4 is 0 Å². The standard InChI is InChI=1S/C29H46O6/c1-5-11-29(33)35-28(27(32)18-17-25(31)20-22(3)6-2)16-10-13-24(30)21-23(4)12-9-15-26-14-7-8-19-34-26/h5-7,11,14,17-18,24-28,30-32H,4,8-10,12-13,15-16,19-21H2,1-3H3/b11-5-,18-17+,22-6-. The Balaban J connectivity index is 2.47. The maximum absolute atomic E-state index is 12.0. The molecule has 0 fully saturated rings. The fourth-order valence-corrected chi connectivity index (χ4v) is 3.92. The zero-order valence-corrected chi connectivity index (χ0v) is 21.8. The highest BCUT2D eigenvalue weighted by Gasteiger charge is 2.21. The summed E-state index contributed by atoms with van der Waals surface area (Å²) in [4.78, 5) is 12.0. The molecule has 0 aromatic heterocycles. The summed E-state index contributed by atoms with van der Waals surface area (Å²) in [7, 11) is 0. The molecule has 1 rings (SSSR count). The van der Waals surface area contributed by atoms with Crippen LogP contribution in [0.5, 0.6) is 0 Å². The summed E-state index contributed by atoms with van der Waals surface area (Å²) in [6.45, 7) is 10.4. The third-order valence-corrected chi connectivity index (χ3v) is 6.04. The topological polar surface area (TPSA) is 96.2 Å². The van der Waals surface area contributed by atoms with Crippen LogP contribution in [0.3, 0.4) is 0 Å². The van der Waals surface area contributed by atoms with Crippen LogP contribution in [0.2, 0.25) is 0 Å². The summed E-state index contributed by atoms with van der Waals surface area (Å²) in [6, 6.07) is 0. The third-order valence-electron chi connectivity index (χ3n) is 6.04. The zero-order valence-electron chi connectivity index (χ0n) is 21.8. The van der Waals surface area contributed by atoms with Gasteiger partial charge in [-0.05, 0) is 78.6 Å². The normalized spacial score (nSPS) is 20.2. The van der Waals surface area contributed by atoms with Gasteiger partial charge in [0, 0.05) is 6.08 Å². The van der Waals surface area contributed by atoms with Crippen LogP contribution in [-0.2, 0) is 14.3 Å². The van der Waals surface area contributed by atoms with Crippen molar-refractivity contribution in [3.05, 3.63) is 60.3 Å². The predicted molar refractivity (Wildman–Crippen MR) is 141 cm³/mol. The first-order valence-electron chi connectivity index (χ1n) is 12.9. The van der Waals surface area contributed by atoms with Crippen LogP contribution >= 0.6 is 0 Å². The van der Waals surface area contributed by atoms with Gasteiger partial charge in [0.1, 0.15) is 12.2 Å². The van der Waals surface area contributed by atoms with Crippen LogP contribution in [-0.4, -0.2) is 58.4 Å². The molecule has 0 bridgehead atoms. The Morgan fingerprint density at radius 1 is 1.17 bits per heavy atom. The van der Waals surface area contributed by atoms with Gasteiger partial charge in [0.05, 0.1) is 24.9 Å². The number of aliphatic hydroxyl groups excluding tert-OH is 3. The average Bonchev–Trinajstić information content (AvgIpc) is 2.82. The van der Waals surface area contributed by atoms with Crippen LogP contribution in [0.4, 0.5) is 0 Å². The van der Waals surface area contributed by atoms with Gasteiger partial charge < -0.3 is 24.8 Å². The average molecular weight is 491 g/mol. The summed E-state index contributed by atoms with van der Waals surface area (Å²) in [5, 5.41) is 31.1. The molecular weight excluding hydrogens is 444 g/mol. The lowest BCUT2D eigenvalue weighted by Crippen LogP contribution is -2.30. The molecule has 0 saturated heterocycles. The molecule has 0 aliphatic carbocycles. The maximum Gasteiger partial charge on any atom is 0.330 e. The molecule has 0 radical (unpaired) electrons. The fourth-order valence-electron chi connectivity index (χ4n) is 3.92. The van der Waals surface area contributed by atoms with Crippen LogP contribution in [0.1, 0.15) is 78.6 Å². The van der Waals surface area contributed by atoms with E-state index >= 15 is 0 Å². The number of ether oxygens (including phenoxy) is 2. The Morgan fingerprint density at radius 3 is 2.60 bits per heavy atom. The number of allylic oxidation sites excluding steroid dienone is 2. The van der Waals surface area contributed by atoms with Crippen molar-refractivity contribution in [2.45, 2.75) is 109 Å². The van der Waals surface area contributed by atoms with E-state index in [4.69, 9.17) is 9.47 Å². The predicted octanol–water partition coefficient (Wildman–Crippen LogP) is 5.10. The van der Waals surface area contributed by atoms with E-state index in [2.05, 4.69) is 18.7 Å². The van der Waals surface area contributed by atoms with Crippen molar-refractivity contribution in [2.24, 2.45) is 0 Å². The molecule has 3 N–H and O–H groups in total. The van der Waals surface area contributed by atoms with E-state index in [0.717, 1.165) is 43.4 Å². The largest absolute Gasteiger partial charge is 0.456 e. The number of carbonyl (C=O) groups is 1. The second-order valence-corrected chi connectivity index (χ2v) is 9.31. The number of rotatable bonds is 17. The van der Waals surface area contributed by atoms with Crippen molar-refractivity contribution in [1.82, 2.24) is 0 Å². The van der Waals surface area contributed by atoms with Gasteiger partial charge in [0.25, 0.3) is 0 Å². The third kappa shape index (κ3) is 14.9. The van der Waals surface area contributed by atoms with Gasteiger partial charge in [-0.3, -0.25) is 0 Å². The SMILES string of the molecule is C=C(CCCC1C=CCCO1)CC(O)CCCC(OC(=O)/C=C\C)C(O)/C=C/C(O)C/C(C)=C\C. The van der Waals surface area contributed by atoms with Gasteiger partial charge in [-0.2, -0.15) is 0 Å². The molecule has 1 aliphatic rings. The highest BCUT2D eigenvalue weighted by molar-refractivity contribution is 5.82.